The first-order valence-corrected chi connectivity index (χ1v) is 9.87. The highest BCUT2D eigenvalue weighted by atomic mass is 79.9. The van der Waals surface area contributed by atoms with Crippen molar-refractivity contribution in [3.05, 3.63) is 74.9 Å². The van der Waals surface area contributed by atoms with E-state index in [1.807, 2.05) is 36.4 Å². The van der Waals surface area contributed by atoms with Crippen LogP contribution in [0, 0.1) is 5.92 Å². The number of aromatic nitrogens is 3. The standard InChI is InChI=1S/C19H16Br2N4O/c20-14-6-4-12(5-7-14)10-25-11-22-19(24-25)23-18(26)17-9-16(17)13-2-1-3-15(21)8-13/h1-8,11,16-17H,9-10H2,(H,23,24,26). The second kappa shape index (κ2) is 7.32. The molecular weight excluding hydrogens is 460 g/mol. The van der Waals surface area contributed by atoms with Crippen molar-refractivity contribution >= 4 is 43.7 Å². The smallest absolute Gasteiger partial charge is 0.248 e. The largest absolute Gasteiger partial charge is 0.293 e. The Balaban J connectivity index is 1.35. The minimum atomic E-state index is -0.0173. The molecule has 26 heavy (non-hydrogen) atoms. The highest BCUT2D eigenvalue weighted by molar-refractivity contribution is 9.10. The number of carbonyl (C=O) groups excluding carboxylic acids is 1. The summed E-state index contributed by atoms with van der Waals surface area (Å²) in [6.45, 7) is 0.611. The molecule has 0 radical (unpaired) electrons. The van der Waals surface area contributed by atoms with Crippen LogP contribution in [0.2, 0.25) is 0 Å². The highest BCUT2D eigenvalue weighted by Crippen LogP contribution is 2.48. The average Bonchev–Trinajstić information content (AvgIpc) is 3.32. The monoisotopic (exact) mass is 474 g/mol. The molecule has 0 saturated heterocycles. The Morgan fingerprint density at radius 2 is 1.96 bits per heavy atom. The van der Waals surface area contributed by atoms with Gasteiger partial charge in [-0.3, -0.25) is 10.1 Å². The number of hydrogen-bond acceptors (Lipinski definition) is 3. The molecule has 7 heteroatoms. The molecule has 1 saturated carbocycles. The van der Waals surface area contributed by atoms with E-state index < -0.39 is 0 Å². The molecule has 2 atom stereocenters. The molecule has 5 nitrogen and oxygen atoms in total. The predicted octanol–water partition coefficient (Wildman–Crippen LogP) is 4.59. The molecule has 1 aromatic heterocycles. The molecule has 1 amide bonds. The molecular formula is C19H16Br2N4O. The van der Waals surface area contributed by atoms with Gasteiger partial charge in [-0.2, -0.15) is 0 Å². The molecule has 1 fully saturated rings. The van der Waals surface area contributed by atoms with Crippen LogP contribution >= 0.6 is 31.9 Å². The Labute approximate surface area is 168 Å². The number of anilines is 1. The third kappa shape index (κ3) is 4.04. The lowest BCUT2D eigenvalue weighted by Gasteiger charge is -2.03. The summed E-state index contributed by atoms with van der Waals surface area (Å²) in [5, 5.41) is 7.18. The minimum absolute atomic E-state index is 0.0114. The summed E-state index contributed by atoms with van der Waals surface area (Å²) in [4.78, 5) is 16.6. The van der Waals surface area contributed by atoms with E-state index in [1.54, 1.807) is 11.0 Å². The van der Waals surface area contributed by atoms with Crippen LogP contribution in [0.1, 0.15) is 23.5 Å². The molecule has 1 aliphatic carbocycles. The Hall–Kier alpha value is -1.99. The van der Waals surface area contributed by atoms with Gasteiger partial charge in [-0.1, -0.05) is 56.1 Å². The van der Waals surface area contributed by atoms with E-state index in [4.69, 9.17) is 0 Å². The van der Waals surface area contributed by atoms with Gasteiger partial charge in [-0.05, 0) is 47.7 Å². The van der Waals surface area contributed by atoms with Crippen LogP contribution < -0.4 is 5.32 Å². The van der Waals surface area contributed by atoms with Crippen molar-refractivity contribution in [1.82, 2.24) is 14.8 Å². The Kier molecular flexibility index (Phi) is 4.91. The molecule has 3 aromatic rings. The maximum absolute atomic E-state index is 12.4. The van der Waals surface area contributed by atoms with Crippen LogP contribution in [0.25, 0.3) is 0 Å². The third-order valence-electron chi connectivity index (χ3n) is 4.43. The number of carbonyl (C=O) groups is 1. The number of amides is 1. The van der Waals surface area contributed by atoms with Gasteiger partial charge in [-0.25, -0.2) is 9.67 Å². The number of rotatable bonds is 5. The van der Waals surface area contributed by atoms with E-state index in [1.165, 1.54) is 5.56 Å². The van der Waals surface area contributed by atoms with Gasteiger partial charge in [0.05, 0.1) is 6.54 Å². The fourth-order valence-corrected chi connectivity index (χ4v) is 3.68. The number of nitrogens with one attached hydrogen (secondary N) is 1. The molecule has 1 aliphatic rings. The lowest BCUT2D eigenvalue weighted by atomic mass is 10.1. The maximum Gasteiger partial charge on any atom is 0.248 e. The van der Waals surface area contributed by atoms with Gasteiger partial charge < -0.3 is 0 Å². The topological polar surface area (TPSA) is 59.8 Å². The zero-order valence-electron chi connectivity index (χ0n) is 13.8. The van der Waals surface area contributed by atoms with Crippen molar-refractivity contribution in [2.75, 3.05) is 5.32 Å². The van der Waals surface area contributed by atoms with Gasteiger partial charge >= 0.3 is 0 Å². The van der Waals surface area contributed by atoms with Crippen LogP contribution in [0.5, 0.6) is 0 Å². The lowest BCUT2D eigenvalue weighted by Crippen LogP contribution is -2.16. The third-order valence-corrected chi connectivity index (χ3v) is 5.46. The molecule has 0 bridgehead atoms. The summed E-state index contributed by atoms with van der Waals surface area (Å²) in [5.41, 5.74) is 2.31. The van der Waals surface area contributed by atoms with E-state index in [2.05, 4.69) is 59.4 Å². The second-order valence-electron chi connectivity index (χ2n) is 6.39. The van der Waals surface area contributed by atoms with E-state index in [-0.39, 0.29) is 17.7 Å². The maximum atomic E-state index is 12.4. The summed E-state index contributed by atoms with van der Waals surface area (Å²) in [5.74, 6) is 0.600. The number of benzene rings is 2. The lowest BCUT2D eigenvalue weighted by molar-refractivity contribution is -0.117. The Morgan fingerprint density at radius 1 is 1.15 bits per heavy atom. The van der Waals surface area contributed by atoms with Crippen molar-refractivity contribution in [3.8, 4) is 0 Å². The van der Waals surface area contributed by atoms with Crippen molar-refractivity contribution < 1.29 is 4.79 Å². The average molecular weight is 476 g/mol. The fraction of sp³-hybridized carbons (Fsp3) is 0.211. The first-order chi connectivity index (χ1) is 12.6. The number of nitrogens with zero attached hydrogens (tertiary/aromatic N) is 3. The summed E-state index contributed by atoms with van der Waals surface area (Å²) in [6.07, 6.45) is 2.50. The summed E-state index contributed by atoms with van der Waals surface area (Å²) in [7, 11) is 0. The molecule has 1 N–H and O–H groups in total. The van der Waals surface area contributed by atoms with Gasteiger partial charge in [-0.15, -0.1) is 5.10 Å². The van der Waals surface area contributed by atoms with E-state index >= 15 is 0 Å². The Bertz CT molecular complexity index is 939. The molecule has 2 aromatic carbocycles. The quantitative estimate of drug-likeness (QED) is 0.586. The first kappa shape index (κ1) is 17.4. The summed E-state index contributed by atoms with van der Waals surface area (Å²) >= 11 is 6.90. The second-order valence-corrected chi connectivity index (χ2v) is 8.22. The van der Waals surface area contributed by atoms with Crippen molar-refractivity contribution in [1.29, 1.82) is 0 Å². The zero-order chi connectivity index (χ0) is 18.1. The molecule has 4 rings (SSSR count). The van der Waals surface area contributed by atoms with Gasteiger partial charge in [0.15, 0.2) is 0 Å². The van der Waals surface area contributed by atoms with E-state index in [0.29, 0.717) is 12.5 Å². The van der Waals surface area contributed by atoms with Crippen LogP contribution in [0.3, 0.4) is 0 Å². The van der Waals surface area contributed by atoms with Crippen LogP contribution in [-0.4, -0.2) is 20.7 Å². The SMILES string of the molecule is O=C(Nc1ncn(Cc2ccc(Br)cc2)n1)C1CC1c1cccc(Br)c1. The van der Waals surface area contributed by atoms with Crippen LogP contribution in [0.4, 0.5) is 5.95 Å². The van der Waals surface area contributed by atoms with Gasteiger partial charge in [0.1, 0.15) is 6.33 Å². The van der Waals surface area contributed by atoms with Gasteiger partial charge in [0, 0.05) is 14.9 Å². The summed E-state index contributed by atoms with van der Waals surface area (Å²) in [6, 6.07) is 16.2. The van der Waals surface area contributed by atoms with Crippen LogP contribution in [0.15, 0.2) is 63.8 Å². The Morgan fingerprint density at radius 3 is 2.73 bits per heavy atom. The van der Waals surface area contributed by atoms with Crippen LogP contribution in [-0.2, 0) is 11.3 Å². The molecule has 1 heterocycles. The fourth-order valence-electron chi connectivity index (χ4n) is 3.00. The number of halogens is 2. The minimum Gasteiger partial charge on any atom is -0.293 e. The molecule has 132 valence electrons. The normalized spacial score (nSPS) is 18.5. The number of hydrogen-bond donors (Lipinski definition) is 1. The van der Waals surface area contributed by atoms with Crippen molar-refractivity contribution in [2.24, 2.45) is 5.92 Å². The zero-order valence-corrected chi connectivity index (χ0v) is 16.9. The first-order valence-electron chi connectivity index (χ1n) is 8.29. The van der Waals surface area contributed by atoms with E-state index in [9.17, 15) is 4.79 Å². The van der Waals surface area contributed by atoms with Gasteiger partial charge in [0.2, 0.25) is 11.9 Å². The van der Waals surface area contributed by atoms with Gasteiger partial charge in [0.25, 0.3) is 0 Å². The molecule has 2 unspecified atom stereocenters. The van der Waals surface area contributed by atoms with Crippen molar-refractivity contribution in [3.63, 3.8) is 0 Å². The van der Waals surface area contributed by atoms with Crippen molar-refractivity contribution in [2.45, 2.75) is 18.9 Å². The van der Waals surface area contributed by atoms with E-state index in [0.717, 1.165) is 20.9 Å². The molecule has 0 aliphatic heterocycles. The summed E-state index contributed by atoms with van der Waals surface area (Å²) < 4.78 is 3.80. The predicted molar refractivity (Wildman–Crippen MR) is 107 cm³/mol. The molecule has 0 spiro atoms. The highest BCUT2D eigenvalue weighted by Gasteiger charge is 2.44.